The second-order valence-electron chi connectivity index (χ2n) is 4.03. The predicted molar refractivity (Wildman–Crippen MR) is 67.2 cm³/mol. The van der Waals surface area contributed by atoms with Crippen LogP contribution in [0.15, 0.2) is 18.2 Å². The molecule has 0 aliphatic heterocycles. The topological polar surface area (TPSA) is 52.6 Å². The van der Waals surface area contributed by atoms with Gasteiger partial charge in [-0.3, -0.25) is 0 Å². The van der Waals surface area contributed by atoms with E-state index in [1.807, 2.05) is 32.0 Å². The van der Waals surface area contributed by atoms with Gasteiger partial charge in [0.05, 0.1) is 13.2 Å². The fourth-order valence-corrected chi connectivity index (χ4v) is 1.47. The maximum Gasteiger partial charge on any atom is 0.417 e. The van der Waals surface area contributed by atoms with E-state index in [-0.39, 0.29) is 13.2 Å². The molecule has 4 heteroatoms. The number of ether oxygens (including phenoxy) is 2. The van der Waals surface area contributed by atoms with Crippen molar-refractivity contribution in [2.24, 2.45) is 0 Å². The molecule has 4 nitrogen and oxygen atoms in total. The van der Waals surface area contributed by atoms with E-state index in [1.165, 1.54) is 11.1 Å². The summed E-state index contributed by atoms with van der Waals surface area (Å²) in [5.74, 6) is -1.86. The van der Waals surface area contributed by atoms with Gasteiger partial charge < -0.3 is 9.47 Å². The normalized spacial score (nSPS) is 9.94. The minimum atomic E-state index is -0.933. The highest BCUT2D eigenvalue weighted by molar-refractivity contribution is 6.29. The molecule has 0 fully saturated rings. The number of benzene rings is 1. The van der Waals surface area contributed by atoms with E-state index in [4.69, 9.17) is 4.74 Å². The summed E-state index contributed by atoms with van der Waals surface area (Å²) < 4.78 is 9.34. The summed E-state index contributed by atoms with van der Waals surface area (Å²) >= 11 is 0. The molecule has 0 aliphatic carbocycles. The van der Waals surface area contributed by atoms with Crippen LogP contribution in [0.2, 0.25) is 0 Å². The molecule has 0 spiro atoms. The Labute approximate surface area is 107 Å². The Hall–Kier alpha value is -1.84. The molecule has 0 unspecified atom stereocenters. The van der Waals surface area contributed by atoms with Gasteiger partial charge in [-0.05, 0) is 37.5 Å². The van der Waals surface area contributed by atoms with E-state index >= 15 is 0 Å². The molecule has 0 saturated heterocycles. The standard InChI is InChI=1S/C14H18O4/c1-4-17-13(15)14(16)18-8-7-12-6-5-10(2)11(3)9-12/h5-6,9H,4,7-8H2,1-3H3. The zero-order chi connectivity index (χ0) is 13.5. The van der Waals surface area contributed by atoms with Crippen molar-refractivity contribution in [1.29, 1.82) is 0 Å². The summed E-state index contributed by atoms with van der Waals surface area (Å²) in [7, 11) is 0. The SMILES string of the molecule is CCOC(=O)C(=O)OCCc1ccc(C)c(C)c1. The highest BCUT2D eigenvalue weighted by atomic mass is 16.6. The van der Waals surface area contributed by atoms with Crippen LogP contribution in [0.4, 0.5) is 0 Å². The third-order valence-electron chi connectivity index (χ3n) is 2.64. The van der Waals surface area contributed by atoms with Gasteiger partial charge in [0.1, 0.15) is 0 Å². The summed E-state index contributed by atoms with van der Waals surface area (Å²) in [5, 5.41) is 0. The van der Waals surface area contributed by atoms with Gasteiger partial charge in [-0.2, -0.15) is 0 Å². The molecule has 0 radical (unpaired) electrons. The van der Waals surface area contributed by atoms with Gasteiger partial charge in [0, 0.05) is 6.42 Å². The average Bonchev–Trinajstić information content (AvgIpc) is 2.34. The summed E-state index contributed by atoms with van der Waals surface area (Å²) in [6, 6.07) is 6.06. The lowest BCUT2D eigenvalue weighted by Gasteiger charge is -2.06. The van der Waals surface area contributed by atoms with E-state index in [2.05, 4.69) is 4.74 Å². The second kappa shape index (κ2) is 6.79. The Bertz CT molecular complexity index is 437. The molecule has 0 aliphatic rings. The first kappa shape index (κ1) is 14.2. The van der Waals surface area contributed by atoms with Gasteiger partial charge in [0.2, 0.25) is 0 Å². The molecule has 1 rings (SSSR count). The van der Waals surface area contributed by atoms with Gasteiger partial charge in [-0.25, -0.2) is 9.59 Å². The van der Waals surface area contributed by atoms with Crippen molar-refractivity contribution >= 4 is 11.9 Å². The third kappa shape index (κ3) is 4.20. The molecule has 0 aromatic heterocycles. The number of hydrogen-bond acceptors (Lipinski definition) is 4. The molecular weight excluding hydrogens is 232 g/mol. The first-order chi connectivity index (χ1) is 8.54. The van der Waals surface area contributed by atoms with Crippen LogP contribution >= 0.6 is 0 Å². The largest absolute Gasteiger partial charge is 0.458 e. The minimum Gasteiger partial charge on any atom is -0.458 e. The van der Waals surface area contributed by atoms with E-state index < -0.39 is 11.9 Å². The Morgan fingerprint density at radius 3 is 2.33 bits per heavy atom. The fourth-order valence-electron chi connectivity index (χ4n) is 1.47. The van der Waals surface area contributed by atoms with E-state index in [1.54, 1.807) is 6.92 Å². The molecule has 1 aromatic rings. The first-order valence-electron chi connectivity index (χ1n) is 5.94. The first-order valence-corrected chi connectivity index (χ1v) is 5.94. The zero-order valence-electron chi connectivity index (χ0n) is 11.0. The van der Waals surface area contributed by atoms with Gasteiger partial charge in [-0.1, -0.05) is 18.2 Å². The van der Waals surface area contributed by atoms with Gasteiger partial charge in [0.25, 0.3) is 0 Å². The van der Waals surface area contributed by atoms with Crippen LogP contribution in [-0.2, 0) is 25.5 Å². The molecule has 98 valence electrons. The molecule has 0 N–H and O–H groups in total. The number of carbonyl (C=O) groups excluding carboxylic acids is 2. The maximum absolute atomic E-state index is 11.1. The molecule has 0 atom stereocenters. The van der Waals surface area contributed by atoms with Crippen molar-refractivity contribution < 1.29 is 19.1 Å². The quantitative estimate of drug-likeness (QED) is 0.605. The number of hydrogen-bond donors (Lipinski definition) is 0. The number of carbonyl (C=O) groups is 2. The number of aryl methyl sites for hydroxylation is 2. The molecule has 18 heavy (non-hydrogen) atoms. The Balaban J connectivity index is 2.39. The van der Waals surface area contributed by atoms with Crippen LogP contribution in [0, 0.1) is 13.8 Å². The molecule has 0 bridgehead atoms. The predicted octanol–water partition coefficient (Wildman–Crippen LogP) is 1.95. The lowest BCUT2D eigenvalue weighted by atomic mass is 10.0. The van der Waals surface area contributed by atoms with Gasteiger partial charge >= 0.3 is 11.9 Å². The van der Waals surface area contributed by atoms with Crippen LogP contribution in [0.25, 0.3) is 0 Å². The molecule has 0 heterocycles. The monoisotopic (exact) mass is 250 g/mol. The number of rotatable bonds is 4. The van der Waals surface area contributed by atoms with Crippen LogP contribution < -0.4 is 0 Å². The lowest BCUT2D eigenvalue weighted by molar-refractivity contribution is -0.167. The fraction of sp³-hybridized carbons (Fsp3) is 0.429. The summed E-state index contributed by atoms with van der Waals surface area (Å²) in [6.45, 7) is 6.06. The lowest BCUT2D eigenvalue weighted by Crippen LogP contribution is -2.21. The smallest absolute Gasteiger partial charge is 0.417 e. The Kier molecular flexibility index (Phi) is 5.36. The van der Waals surface area contributed by atoms with Crippen LogP contribution in [0.1, 0.15) is 23.6 Å². The highest BCUT2D eigenvalue weighted by Gasteiger charge is 2.15. The number of esters is 2. The van der Waals surface area contributed by atoms with Crippen LogP contribution in [0.5, 0.6) is 0 Å². The third-order valence-corrected chi connectivity index (χ3v) is 2.64. The Morgan fingerprint density at radius 2 is 1.72 bits per heavy atom. The summed E-state index contributed by atoms with van der Waals surface area (Å²) in [4.78, 5) is 22.1. The van der Waals surface area contributed by atoms with Crippen molar-refractivity contribution in [3.63, 3.8) is 0 Å². The Morgan fingerprint density at radius 1 is 1.06 bits per heavy atom. The molecular formula is C14H18O4. The van der Waals surface area contributed by atoms with Crippen molar-refractivity contribution in [3.05, 3.63) is 34.9 Å². The van der Waals surface area contributed by atoms with Crippen LogP contribution in [-0.4, -0.2) is 25.2 Å². The summed E-state index contributed by atoms with van der Waals surface area (Å²) in [5.41, 5.74) is 3.50. The second-order valence-corrected chi connectivity index (χ2v) is 4.03. The average molecular weight is 250 g/mol. The van der Waals surface area contributed by atoms with Crippen molar-refractivity contribution in [2.45, 2.75) is 27.2 Å². The summed E-state index contributed by atoms with van der Waals surface area (Å²) in [6.07, 6.45) is 0.590. The van der Waals surface area contributed by atoms with Crippen molar-refractivity contribution in [2.75, 3.05) is 13.2 Å². The zero-order valence-corrected chi connectivity index (χ0v) is 11.0. The van der Waals surface area contributed by atoms with Crippen molar-refractivity contribution in [1.82, 2.24) is 0 Å². The van der Waals surface area contributed by atoms with Gasteiger partial charge in [0.15, 0.2) is 0 Å². The van der Waals surface area contributed by atoms with Gasteiger partial charge in [-0.15, -0.1) is 0 Å². The van der Waals surface area contributed by atoms with Crippen LogP contribution in [0.3, 0.4) is 0 Å². The molecule has 0 saturated carbocycles. The van der Waals surface area contributed by atoms with E-state index in [0.29, 0.717) is 6.42 Å². The van der Waals surface area contributed by atoms with Crippen molar-refractivity contribution in [3.8, 4) is 0 Å². The highest BCUT2D eigenvalue weighted by Crippen LogP contribution is 2.10. The van der Waals surface area contributed by atoms with E-state index in [9.17, 15) is 9.59 Å². The maximum atomic E-state index is 11.1. The molecule has 1 aromatic carbocycles. The molecule has 0 amide bonds. The minimum absolute atomic E-state index is 0.172. The van der Waals surface area contributed by atoms with E-state index in [0.717, 1.165) is 5.56 Å².